The Bertz CT molecular complexity index is 503. The fourth-order valence-corrected chi connectivity index (χ4v) is 3.59. The Hall–Kier alpha value is -1.62. The summed E-state index contributed by atoms with van der Waals surface area (Å²) < 4.78 is 4.74. The molecule has 2 N–H and O–H groups in total. The number of carbonyl (C=O) groups excluding carboxylic acids is 2. The molecule has 0 aliphatic heterocycles. The van der Waals surface area contributed by atoms with Gasteiger partial charge in [-0.1, -0.05) is 69.8 Å². The van der Waals surface area contributed by atoms with Crippen molar-refractivity contribution in [2.75, 3.05) is 20.7 Å². The molecule has 0 saturated heterocycles. The first-order chi connectivity index (χ1) is 15.7. The number of nitrogens with one attached hydrogen (secondary N) is 2. The Labute approximate surface area is 197 Å². The van der Waals surface area contributed by atoms with E-state index in [-0.39, 0.29) is 17.9 Å². The van der Waals surface area contributed by atoms with Crippen LogP contribution in [0.3, 0.4) is 0 Å². The molecule has 0 aliphatic rings. The van der Waals surface area contributed by atoms with E-state index in [9.17, 15) is 9.59 Å². The van der Waals surface area contributed by atoms with E-state index in [4.69, 9.17) is 4.74 Å². The van der Waals surface area contributed by atoms with Crippen LogP contribution < -0.4 is 10.6 Å². The largest absolute Gasteiger partial charge is 0.468 e. The number of amides is 1. The molecule has 0 aromatic heterocycles. The van der Waals surface area contributed by atoms with Crippen LogP contribution in [0.1, 0.15) is 110 Å². The number of hydrogen-bond donors (Lipinski definition) is 2. The predicted octanol–water partition coefficient (Wildman–Crippen LogP) is 6.24. The van der Waals surface area contributed by atoms with Crippen molar-refractivity contribution >= 4 is 11.9 Å². The number of allylic oxidation sites excluding steroid dienone is 4. The van der Waals surface area contributed by atoms with Gasteiger partial charge in [0.1, 0.15) is 6.04 Å². The van der Waals surface area contributed by atoms with Gasteiger partial charge in [-0.25, -0.2) is 0 Å². The molecule has 1 atom stereocenters. The number of unbranched alkanes of at least 4 members (excludes halogenated alkanes) is 10. The first kappa shape index (κ1) is 30.4. The van der Waals surface area contributed by atoms with Crippen LogP contribution in [0.5, 0.6) is 0 Å². The lowest BCUT2D eigenvalue weighted by Gasteiger charge is -2.13. The van der Waals surface area contributed by atoms with E-state index in [1.807, 2.05) is 0 Å². The van der Waals surface area contributed by atoms with Gasteiger partial charge in [-0.05, 0) is 64.8 Å². The van der Waals surface area contributed by atoms with E-state index < -0.39 is 0 Å². The zero-order chi connectivity index (χ0) is 23.7. The minimum Gasteiger partial charge on any atom is -0.468 e. The van der Waals surface area contributed by atoms with Crippen molar-refractivity contribution in [2.24, 2.45) is 0 Å². The first-order valence-electron chi connectivity index (χ1n) is 13.0. The quantitative estimate of drug-likeness (QED) is 0.116. The summed E-state index contributed by atoms with van der Waals surface area (Å²) in [5, 5.41) is 5.94. The SMILES string of the molecule is CCCCCC/C=C\C/C=C\CCCCCCCC(=O)NCCCC[C@H](NC)C(=O)OC. The topological polar surface area (TPSA) is 67.4 Å². The van der Waals surface area contributed by atoms with Crippen LogP contribution in [0, 0.1) is 0 Å². The van der Waals surface area contributed by atoms with Crippen molar-refractivity contribution in [3.63, 3.8) is 0 Å². The number of esters is 1. The van der Waals surface area contributed by atoms with Crippen LogP contribution in [-0.4, -0.2) is 38.6 Å². The minimum absolute atomic E-state index is 0.143. The fraction of sp³-hybridized carbons (Fsp3) is 0.778. The van der Waals surface area contributed by atoms with Crippen molar-refractivity contribution in [3.05, 3.63) is 24.3 Å². The van der Waals surface area contributed by atoms with Crippen LogP contribution >= 0.6 is 0 Å². The van der Waals surface area contributed by atoms with Crippen LogP contribution in [0.2, 0.25) is 0 Å². The third kappa shape index (κ3) is 20.3. The molecule has 5 nitrogen and oxygen atoms in total. The summed E-state index contributed by atoms with van der Waals surface area (Å²) in [5.74, 6) is -0.0855. The van der Waals surface area contributed by atoms with E-state index in [0.717, 1.165) is 44.9 Å². The highest BCUT2D eigenvalue weighted by Crippen LogP contribution is 2.08. The van der Waals surface area contributed by atoms with Gasteiger partial charge in [0.15, 0.2) is 0 Å². The van der Waals surface area contributed by atoms with Crippen molar-refractivity contribution in [3.8, 4) is 0 Å². The van der Waals surface area contributed by atoms with Crippen LogP contribution in [0.15, 0.2) is 24.3 Å². The zero-order valence-corrected chi connectivity index (χ0v) is 21.1. The average Bonchev–Trinajstić information content (AvgIpc) is 2.80. The predicted molar refractivity (Wildman–Crippen MR) is 136 cm³/mol. The molecule has 1 amide bonds. The third-order valence-corrected chi connectivity index (χ3v) is 5.68. The first-order valence-corrected chi connectivity index (χ1v) is 13.0. The van der Waals surface area contributed by atoms with Gasteiger partial charge < -0.3 is 15.4 Å². The lowest BCUT2D eigenvalue weighted by molar-refractivity contribution is -0.143. The molecule has 186 valence electrons. The van der Waals surface area contributed by atoms with Gasteiger partial charge in [0, 0.05) is 13.0 Å². The van der Waals surface area contributed by atoms with Gasteiger partial charge in [0.05, 0.1) is 7.11 Å². The van der Waals surface area contributed by atoms with Gasteiger partial charge in [-0.2, -0.15) is 0 Å². The van der Waals surface area contributed by atoms with Gasteiger partial charge in [-0.15, -0.1) is 0 Å². The van der Waals surface area contributed by atoms with E-state index in [1.165, 1.54) is 58.5 Å². The Morgan fingerprint density at radius 1 is 0.812 bits per heavy atom. The molecule has 0 radical (unpaired) electrons. The van der Waals surface area contributed by atoms with E-state index >= 15 is 0 Å². The van der Waals surface area contributed by atoms with E-state index in [2.05, 4.69) is 41.9 Å². The molecule has 0 rings (SSSR count). The molecule has 0 heterocycles. The van der Waals surface area contributed by atoms with Gasteiger partial charge in [0.2, 0.25) is 5.91 Å². The Morgan fingerprint density at radius 3 is 2.06 bits per heavy atom. The number of methoxy groups -OCH3 is 1. The van der Waals surface area contributed by atoms with Crippen LogP contribution in [-0.2, 0) is 14.3 Å². The summed E-state index contributed by atoms with van der Waals surface area (Å²) in [6.07, 6.45) is 26.9. The molecule has 0 aromatic rings. The van der Waals surface area contributed by atoms with Gasteiger partial charge in [0.25, 0.3) is 0 Å². The van der Waals surface area contributed by atoms with Crippen molar-refractivity contribution in [2.45, 2.75) is 116 Å². The van der Waals surface area contributed by atoms with Gasteiger partial charge in [-0.3, -0.25) is 9.59 Å². The van der Waals surface area contributed by atoms with Crippen molar-refractivity contribution < 1.29 is 14.3 Å². The number of carbonyl (C=O) groups is 2. The summed E-state index contributed by atoms with van der Waals surface area (Å²) in [6.45, 7) is 2.93. The molecule has 0 unspecified atom stereocenters. The highest BCUT2D eigenvalue weighted by molar-refractivity contribution is 5.76. The van der Waals surface area contributed by atoms with Crippen LogP contribution in [0.25, 0.3) is 0 Å². The Kier molecular flexibility index (Phi) is 22.8. The smallest absolute Gasteiger partial charge is 0.322 e. The van der Waals surface area contributed by atoms with Gasteiger partial charge >= 0.3 is 5.97 Å². The highest BCUT2D eigenvalue weighted by Gasteiger charge is 2.15. The number of ether oxygens (including phenoxy) is 1. The Balaban J connectivity index is 3.42. The second-order valence-corrected chi connectivity index (χ2v) is 8.54. The molecule has 5 heteroatoms. The molecular weight excluding hydrogens is 400 g/mol. The van der Waals surface area contributed by atoms with Crippen LogP contribution in [0.4, 0.5) is 0 Å². The number of rotatable bonds is 22. The number of likely N-dealkylation sites (N-methyl/N-ethyl adjacent to an activating group) is 1. The highest BCUT2D eigenvalue weighted by atomic mass is 16.5. The molecule has 0 aromatic carbocycles. The Morgan fingerprint density at radius 2 is 1.44 bits per heavy atom. The monoisotopic (exact) mass is 450 g/mol. The van der Waals surface area contributed by atoms with Crippen molar-refractivity contribution in [1.82, 2.24) is 10.6 Å². The molecule has 0 fully saturated rings. The second kappa shape index (κ2) is 24.0. The summed E-state index contributed by atoms with van der Waals surface area (Å²) >= 11 is 0. The summed E-state index contributed by atoms with van der Waals surface area (Å²) in [5.41, 5.74) is 0. The van der Waals surface area contributed by atoms with Crippen molar-refractivity contribution in [1.29, 1.82) is 0 Å². The van der Waals surface area contributed by atoms with E-state index in [0.29, 0.717) is 13.0 Å². The normalized spacial score (nSPS) is 12.5. The summed E-state index contributed by atoms with van der Waals surface area (Å²) in [6, 6.07) is -0.256. The minimum atomic E-state index is -0.256. The zero-order valence-electron chi connectivity index (χ0n) is 21.1. The molecule has 0 aliphatic carbocycles. The second-order valence-electron chi connectivity index (χ2n) is 8.54. The lowest BCUT2D eigenvalue weighted by Crippen LogP contribution is -2.35. The average molecular weight is 451 g/mol. The summed E-state index contributed by atoms with van der Waals surface area (Å²) in [7, 11) is 3.16. The maximum Gasteiger partial charge on any atom is 0.322 e. The fourth-order valence-electron chi connectivity index (χ4n) is 3.59. The maximum atomic E-state index is 11.9. The molecule has 0 bridgehead atoms. The number of hydrogen-bond acceptors (Lipinski definition) is 4. The summed E-state index contributed by atoms with van der Waals surface area (Å²) in [4.78, 5) is 23.4. The molecular formula is C27H50N2O3. The molecule has 0 spiro atoms. The molecule has 0 saturated carbocycles. The lowest BCUT2D eigenvalue weighted by atomic mass is 10.1. The molecule has 32 heavy (non-hydrogen) atoms. The third-order valence-electron chi connectivity index (χ3n) is 5.68. The van der Waals surface area contributed by atoms with E-state index in [1.54, 1.807) is 7.05 Å². The standard InChI is InChI=1S/C27H50N2O3/c1-4-5-6-7-8-9-10-11-12-13-14-15-16-17-18-19-23-26(30)29-24-21-20-22-25(28-2)27(31)32-3/h9-10,12-13,25,28H,4-8,11,14-24H2,1-3H3,(H,29,30)/b10-9-,13-12-/t25-/m0/s1. The maximum absolute atomic E-state index is 11.9.